The molecule has 3 heteroatoms. The summed E-state index contributed by atoms with van der Waals surface area (Å²) in [7, 11) is 1.86. The highest BCUT2D eigenvalue weighted by atomic mass is 79.9. The van der Waals surface area contributed by atoms with Crippen LogP contribution < -0.4 is 0 Å². The van der Waals surface area contributed by atoms with Gasteiger partial charge in [-0.3, -0.25) is 4.79 Å². The molecule has 0 saturated carbocycles. The number of hydrogen-bond acceptors (Lipinski definition) is 1. The van der Waals surface area contributed by atoms with Gasteiger partial charge in [0.05, 0.1) is 5.92 Å². The number of rotatable bonds is 4. The summed E-state index contributed by atoms with van der Waals surface area (Å²) in [5, 5.41) is 0.768. The van der Waals surface area contributed by atoms with Crippen LogP contribution in [0.25, 0.3) is 0 Å². The molecule has 0 aliphatic heterocycles. The average molecular weight is 298 g/mol. The maximum absolute atomic E-state index is 12.4. The van der Waals surface area contributed by atoms with Gasteiger partial charge in [0.2, 0.25) is 5.91 Å². The number of hydrogen-bond donors (Lipinski definition) is 0. The second-order valence-electron chi connectivity index (χ2n) is 4.98. The first-order chi connectivity index (χ1) is 7.90. The monoisotopic (exact) mass is 297 g/mol. The Kier molecular flexibility index (Phi) is 4.75. The van der Waals surface area contributed by atoms with E-state index in [1.807, 2.05) is 49.2 Å². The molecule has 94 valence electrons. The number of alkyl halides is 1. The number of likely N-dealkylation sites (N-methyl/N-ethyl adjacent to an activating group) is 1. The zero-order valence-electron chi connectivity index (χ0n) is 10.9. The summed E-state index contributed by atoms with van der Waals surface area (Å²) >= 11 is 3.45. The molecule has 17 heavy (non-hydrogen) atoms. The van der Waals surface area contributed by atoms with Crippen molar-refractivity contribution in [2.75, 3.05) is 12.4 Å². The normalized spacial score (nSPS) is 13.2. The van der Waals surface area contributed by atoms with Gasteiger partial charge in [0, 0.05) is 17.9 Å². The van der Waals surface area contributed by atoms with Crippen LogP contribution in [0, 0.1) is 0 Å². The summed E-state index contributed by atoms with van der Waals surface area (Å²) in [5.74, 6) is 0.0557. The Bertz CT molecular complexity index is 375. The fourth-order valence-corrected chi connectivity index (χ4v) is 1.94. The highest BCUT2D eigenvalue weighted by molar-refractivity contribution is 9.09. The lowest BCUT2D eigenvalue weighted by atomic mass is 9.97. The molecule has 0 radical (unpaired) electrons. The second-order valence-corrected chi connectivity index (χ2v) is 5.54. The molecule has 0 saturated heterocycles. The molecule has 1 rings (SSSR count). The van der Waals surface area contributed by atoms with Crippen LogP contribution in [0.1, 0.15) is 32.3 Å². The fraction of sp³-hybridized carbons (Fsp3) is 0.500. The van der Waals surface area contributed by atoms with Crippen molar-refractivity contribution in [2.24, 2.45) is 0 Å². The SMILES string of the molecule is CC(C(=O)N(C)C(C)(C)CBr)c1ccccc1. The van der Waals surface area contributed by atoms with E-state index in [-0.39, 0.29) is 17.4 Å². The highest BCUT2D eigenvalue weighted by Gasteiger charge is 2.29. The van der Waals surface area contributed by atoms with E-state index in [1.54, 1.807) is 0 Å². The van der Waals surface area contributed by atoms with Gasteiger partial charge in [-0.2, -0.15) is 0 Å². The van der Waals surface area contributed by atoms with Gasteiger partial charge in [-0.05, 0) is 26.3 Å². The van der Waals surface area contributed by atoms with Crippen LogP contribution in [-0.2, 0) is 4.79 Å². The van der Waals surface area contributed by atoms with Crippen LogP contribution in [0.4, 0.5) is 0 Å². The van der Waals surface area contributed by atoms with Crippen molar-refractivity contribution in [3.8, 4) is 0 Å². The average Bonchev–Trinajstić information content (AvgIpc) is 2.37. The number of nitrogens with zero attached hydrogens (tertiary/aromatic N) is 1. The summed E-state index contributed by atoms with van der Waals surface area (Å²) in [4.78, 5) is 14.2. The predicted octanol–water partition coefficient (Wildman–Crippen LogP) is 3.42. The van der Waals surface area contributed by atoms with Crippen molar-refractivity contribution in [3.05, 3.63) is 35.9 Å². The molecule has 1 aromatic carbocycles. The van der Waals surface area contributed by atoms with E-state index in [4.69, 9.17) is 0 Å². The van der Waals surface area contributed by atoms with Crippen molar-refractivity contribution >= 4 is 21.8 Å². The minimum absolute atomic E-state index is 0.0977. The van der Waals surface area contributed by atoms with Gasteiger partial charge >= 0.3 is 0 Å². The quantitative estimate of drug-likeness (QED) is 0.780. The van der Waals surface area contributed by atoms with Crippen LogP contribution in [0.3, 0.4) is 0 Å². The van der Waals surface area contributed by atoms with Crippen LogP contribution >= 0.6 is 15.9 Å². The van der Waals surface area contributed by atoms with Gasteiger partial charge in [0.15, 0.2) is 0 Å². The van der Waals surface area contributed by atoms with E-state index in [0.29, 0.717) is 0 Å². The molecule has 2 nitrogen and oxygen atoms in total. The maximum Gasteiger partial charge on any atom is 0.230 e. The van der Waals surface area contributed by atoms with E-state index in [1.165, 1.54) is 0 Å². The Labute approximate surface area is 112 Å². The Balaban J connectivity index is 2.84. The topological polar surface area (TPSA) is 20.3 Å². The van der Waals surface area contributed by atoms with Crippen molar-refractivity contribution in [1.82, 2.24) is 4.90 Å². The zero-order chi connectivity index (χ0) is 13.1. The summed E-state index contributed by atoms with van der Waals surface area (Å²) in [5.41, 5.74) is 0.898. The lowest BCUT2D eigenvalue weighted by Gasteiger charge is -2.36. The third-order valence-corrected chi connectivity index (χ3v) is 4.61. The van der Waals surface area contributed by atoms with Crippen LogP contribution in [-0.4, -0.2) is 28.7 Å². The number of carbonyl (C=O) groups excluding carboxylic acids is 1. The summed E-state index contributed by atoms with van der Waals surface area (Å²) in [6.45, 7) is 6.06. The van der Waals surface area contributed by atoms with E-state index in [9.17, 15) is 4.79 Å². The lowest BCUT2D eigenvalue weighted by molar-refractivity contribution is -0.135. The van der Waals surface area contributed by atoms with Gasteiger partial charge in [0.25, 0.3) is 0 Å². The summed E-state index contributed by atoms with van der Waals surface area (Å²) in [6.07, 6.45) is 0. The van der Waals surface area contributed by atoms with Crippen molar-refractivity contribution in [1.29, 1.82) is 0 Å². The van der Waals surface area contributed by atoms with Crippen LogP contribution in [0.15, 0.2) is 30.3 Å². The molecule has 0 bridgehead atoms. The van der Waals surface area contributed by atoms with Crippen LogP contribution in [0.2, 0.25) is 0 Å². The number of benzene rings is 1. The van der Waals surface area contributed by atoms with Crippen LogP contribution in [0.5, 0.6) is 0 Å². The first-order valence-corrected chi connectivity index (χ1v) is 6.91. The molecule has 0 fully saturated rings. The van der Waals surface area contributed by atoms with Gasteiger partial charge in [-0.15, -0.1) is 0 Å². The Morgan fingerprint density at radius 3 is 2.35 bits per heavy atom. The molecule has 0 spiro atoms. The molecule has 0 N–H and O–H groups in total. The van der Waals surface area contributed by atoms with E-state index >= 15 is 0 Å². The Hall–Kier alpha value is -0.830. The van der Waals surface area contributed by atoms with E-state index in [0.717, 1.165) is 10.9 Å². The number of carbonyl (C=O) groups is 1. The minimum Gasteiger partial charge on any atom is -0.339 e. The largest absolute Gasteiger partial charge is 0.339 e. The third kappa shape index (κ3) is 3.32. The molecule has 1 unspecified atom stereocenters. The maximum atomic E-state index is 12.4. The standard InChI is InChI=1S/C14H20BrNO/c1-11(12-8-6-5-7-9-12)13(17)16(4)14(2,3)10-15/h5-9,11H,10H2,1-4H3. The molecule has 0 heterocycles. The predicted molar refractivity (Wildman–Crippen MR) is 75.5 cm³/mol. The molecule has 1 atom stereocenters. The van der Waals surface area contributed by atoms with Gasteiger partial charge in [-0.25, -0.2) is 0 Å². The lowest BCUT2D eigenvalue weighted by Crippen LogP contribution is -2.47. The van der Waals surface area contributed by atoms with Gasteiger partial charge < -0.3 is 4.90 Å². The molecular weight excluding hydrogens is 278 g/mol. The molecule has 1 aromatic rings. The minimum atomic E-state index is -0.167. The zero-order valence-corrected chi connectivity index (χ0v) is 12.5. The summed E-state index contributed by atoms with van der Waals surface area (Å²) < 4.78 is 0. The smallest absolute Gasteiger partial charge is 0.230 e. The second kappa shape index (κ2) is 5.67. The van der Waals surface area contributed by atoms with E-state index < -0.39 is 0 Å². The molecular formula is C14H20BrNO. The molecule has 0 aliphatic carbocycles. The van der Waals surface area contributed by atoms with Crippen molar-refractivity contribution in [2.45, 2.75) is 32.2 Å². The van der Waals surface area contributed by atoms with E-state index in [2.05, 4.69) is 29.8 Å². The van der Waals surface area contributed by atoms with Crippen molar-refractivity contribution in [3.63, 3.8) is 0 Å². The summed E-state index contributed by atoms with van der Waals surface area (Å²) in [6, 6.07) is 9.89. The first-order valence-electron chi connectivity index (χ1n) is 5.78. The third-order valence-electron chi connectivity index (χ3n) is 3.24. The Morgan fingerprint density at radius 2 is 1.88 bits per heavy atom. The Morgan fingerprint density at radius 1 is 1.35 bits per heavy atom. The van der Waals surface area contributed by atoms with Gasteiger partial charge in [-0.1, -0.05) is 46.3 Å². The van der Waals surface area contributed by atoms with Crippen molar-refractivity contribution < 1.29 is 4.79 Å². The number of halogens is 1. The van der Waals surface area contributed by atoms with Gasteiger partial charge in [0.1, 0.15) is 0 Å². The molecule has 1 amide bonds. The fourth-order valence-electron chi connectivity index (χ4n) is 1.56. The first kappa shape index (κ1) is 14.2. The highest BCUT2D eigenvalue weighted by Crippen LogP contribution is 2.23. The molecule has 0 aliphatic rings. The molecule has 0 aromatic heterocycles. The number of amides is 1.